The number of carbonyl (C=O) groups excluding carboxylic acids is 1. The van der Waals surface area contributed by atoms with Crippen molar-refractivity contribution >= 4 is 5.78 Å². The highest BCUT2D eigenvalue weighted by atomic mass is 19.3. The van der Waals surface area contributed by atoms with Gasteiger partial charge in [-0.1, -0.05) is 75.4 Å². The van der Waals surface area contributed by atoms with E-state index >= 15 is 0 Å². The van der Waals surface area contributed by atoms with Crippen molar-refractivity contribution < 1.29 is 13.6 Å². The van der Waals surface area contributed by atoms with E-state index in [0.717, 1.165) is 11.1 Å². The fraction of sp³-hybridized carbons (Fsp3) is 0.350. The Kier molecular flexibility index (Phi) is 4.98. The van der Waals surface area contributed by atoms with Crippen LogP contribution in [0, 0.1) is 0 Å². The third-order valence-electron chi connectivity index (χ3n) is 3.95. The van der Waals surface area contributed by atoms with Crippen LogP contribution >= 0.6 is 0 Å². The number of aryl methyl sites for hydroxylation is 1. The third-order valence-corrected chi connectivity index (χ3v) is 3.95. The van der Waals surface area contributed by atoms with E-state index in [1.54, 1.807) is 12.1 Å². The van der Waals surface area contributed by atoms with Crippen LogP contribution in [-0.2, 0) is 22.6 Å². The van der Waals surface area contributed by atoms with Gasteiger partial charge in [-0.25, -0.2) is 0 Å². The van der Waals surface area contributed by atoms with Gasteiger partial charge in [0.1, 0.15) is 0 Å². The van der Waals surface area contributed by atoms with Gasteiger partial charge >= 0.3 is 5.92 Å². The summed E-state index contributed by atoms with van der Waals surface area (Å²) in [5.41, 5.74) is 1.52. The summed E-state index contributed by atoms with van der Waals surface area (Å²) in [7, 11) is 0. The van der Waals surface area contributed by atoms with Gasteiger partial charge in [-0.05, 0) is 23.0 Å². The SMILES string of the molecule is CC(C)(C)c1ccc(C(F)(F)C(=O)CCc2ccccc2)cc1. The van der Waals surface area contributed by atoms with Crippen LogP contribution in [0.5, 0.6) is 0 Å². The minimum atomic E-state index is -3.44. The molecule has 0 aliphatic heterocycles. The molecule has 0 atom stereocenters. The van der Waals surface area contributed by atoms with Gasteiger partial charge in [-0.15, -0.1) is 0 Å². The van der Waals surface area contributed by atoms with Crippen LogP contribution in [0.15, 0.2) is 54.6 Å². The van der Waals surface area contributed by atoms with Gasteiger partial charge in [0.15, 0.2) is 0 Å². The van der Waals surface area contributed by atoms with E-state index in [1.807, 2.05) is 51.1 Å². The highest BCUT2D eigenvalue weighted by Crippen LogP contribution is 2.32. The number of benzene rings is 2. The zero-order valence-corrected chi connectivity index (χ0v) is 13.8. The summed E-state index contributed by atoms with van der Waals surface area (Å²) < 4.78 is 28.7. The molecule has 2 aromatic carbocycles. The smallest absolute Gasteiger partial charge is 0.293 e. The fourth-order valence-electron chi connectivity index (χ4n) is 2.40. The first kappa shape index (κ1) is 17.3. The van der Waals surface area contributed by atoms with Gasteiger partial charge in [0, 0.05) is 12.0 Å². The lowest BCUT2D eigenvalue weighted by Gasteiger charge is -2.21. The molecule has 0 amide bonds. The van der Waals surface area contributed by atoms with E-state index in [1.165, 1.54) is 12.1 Å². The van der Waals surface area contributed by atoms with Gasteiger partial charge in [-0.2, -0.15) is 8.78 Å². The molecule has 0 saturated heterocycles. The molecule has 2 rings (SSSR count). The summed E-state index contributed by atoms with van der Waals surface area (Å²) in [5, 5.41) is 0. The predicted molar refractivity (Wildman–Crippen MR) is 88.8 cm³/mol. The molecule has 0 aliphatic carbocycles. The molecule has 0 fully saturated rings. The molecule has 0 saturated carbocycles. The van der Waals surface area contributed by atoms with Crippen molar-refractivity contribution in [1.82, 2.24) is 0 Å². The summed E-state index contributed by atoms with van der Waals surface area (Å²) in [6, 6.07) is 15.3. The lowest BCUT2D eigenvalue weighted by atomic mass is 9.86. The van der Waals surface area contributed by atoms with E-state index in [2.05, 4.69) is 0 Å². The van der Waals surface area contributed by atoms with Crippen LogP contribution in [0.4, 0.5) is 8.78 Å². The molecule has 0 unspecified atom stereocenters. The van der Waals surface area contributed by atoms with Crippen molar-refractivity contribution in [3.63, 3.8) is 0 Å². The number of rotatable bonds is 5. The van der Waals surface area contributed by atoms with Crippen molar-refractivity contribution in [3.05, 3.63) is 71.3 Å². The van der Waals surface area contributed by atoms with Crippen LogP contribution in [-0.4, -0.2) is 5.78 Å². The topological polar surface area (TPSA) is 17.1 Å². The standard InChI is InChI=1S/C20H22F2O/c1-19(2,3)16-10-12-17(13-11-16)20(21,22)18(23)14-9-15-7-5-4-6-8-15/h4-8,10-13H,9,14H2,1-3H3. The average molecular weight is 316 g/mol. The molecule has 0 radical (unpaired) electrons. The minimum Gasteiger partial charge on any atom is -0.293 e. The van der Waals surface area contributed by atoms with E-state index in [0.29, 0.717) is 6.42 Å². The molecule has 3 heteroatoms. The second kappa shape index (κ2) is 6.61. The number of carbonyl (C=O) groups is 1. The van der Waals surface area contributed by atoms with Crippen LogP contribution in [0.3, 0.4) is 0 Å². The van der Waals surface area contributed by atoms with Gasteiger partial charge in [0.25, 0.3) is 0 Å². The maximum Gasteiger partial charge on any atom is 0.330 e. The van der Waals surface area contributed by atoms with Gasteiger partial charge in [-0.3, -0.25) is 4.79 Å². The number of hydrogen-bond acceptors (Lipinski definition) is 1. The van der Waals surface area contributed by atoms with Crippen molar-refractivity contribution in [3.8, 4) is 0 Å². The predicted octanol–water partition coefficient (Wildman–Crippen LogP) is 5.28. The van der Waals surface area contributed by atoms with Gasteiger partial charge in [0.2, 0.25) is 5.78 Å². The normalized spacial score (nSPS) is 12.2. The zero-order chi connectivity index (χ0) is 17.1. The van der Waals surface area contributed by atoms with Crippen LogP contribution in [0.2, 0.25) is 0 Å². The second-order valence-electron chi connectivity index (χ2n) is 6.81. The maximum absolute atomic E-state index is 14.3. The Bertz CT molecular complexity index is 652. The summed E-state index contributed by atoms with van der Waals surface area (Å²) in [5.74, 6) is -4.48. The quantitative estimate of drug-likeness (QED) is 0.733. The van der Waals surface area contributed by atoms with E-state index in [4.69, 9.17) is 0 Å². The second-order valence-corrected chi connectivity index (χ2v) is 6.81. The molecule has 0 spiro atoms. The molecular weight excluding hydrogens is 294 g/mol. The summed E-state index contributed by atoms with van der Waals surface area (Å²) in [6.07, 6.45) is 0.160. The zero-order valence-electron chi connectivity index (χ0n) is 13.8. The first-order valence-corrected chi connectivity index (χ1v) is 7.77. The lowest BCUT2D eigenvalue weighted by Crippen LogP contribution is -2.26. The Morgan fingerprint density at radius 2 is 1.39 bits per heavy atom. The molecule has 1 nitrogen and oxygen atoms in total. The first-order valence-electron chi connectivity index (χ1n) is 7.77. The summed E-state index contributed by atoms with van der Waals surface area (Å²) in [6.45, 7) is 6.06. The number of halogens is 2. The van der Waals surface area contributed by atoms with E-state index in [-0.39, 0.29) is 17.4 Å². The Morgan fingerprint density at radius 1 is 0.870 bits per heavy atom. The molecule has 0 heterocycles. The van der Waals surface area contributed by atoms with E-state index < -0.39 is 11.7 Å². The highest BCUT2D eigenvalue weighted by molar-refractivity contribution is 5.87. The Balaban J connectivity index is 2.09. The molecular formula is C20H22F2O. The molecule has 0 N–H and O–H groups in total. The number of Topliss-reactive ketones (excluding diaryl/α,β-unsaturated/α-hetero) is 1. The maximum atomic E-state index is 14.3. The number of hydrogen-bond donors (Lipinski definition) is 0. The Labute approximate surface area is 136 Å². The molecule has 0 bridgehead atoms. The molecule has 122 valence electrons. The first-order chi connectivity index (χ1) is 10.7. The highest BCUT2D eigenvalue weighted by Gasteiger charge is 2.39. The van der Waals surface area contributed by atoms with Crippen LogP contribution in [0.25, 0.3) is 0 Å². The molecule has 0 aromatic heterocycles. The lowest BCUT2D eigenvalue weighted by molar-refractivity contribution is -0.144. The fourth-order valence-corrected chi connectivity index (χ4v) is 2.40. The monoisotopic (exact) mass is 316 g/mol. The number of ketones is 1. The Morgan fingerprint density at radius 3 is 1.91 bits per heavy atom. The van der Waals surface area contributed by atoms with Crippen molar-refractivity contribution in [2.45, 2.75) is 45.0 Å². The van der Waals surface area contributed by atoms with Crippen LogP contribution in [0.1, 0.15) is 43.9 Å². The average Bonchev–Trinajstić information content (AvgIpc) is 2.52. The molecule has 23 heavy (non-hydrogen) atoms. The Hall–Kier alpha value is -2.03. The molecule has 2 aromatic rings. The van der Waals surface area contributed by atoms with Gasteiger partial charge in [0.05, 0.1) is 0 Å². The van der Waals surface area contributed by atoms with Crippen molar-refractivity contribution in [2.24, 2.45) is 0 Å². The van der Waals surface area contributed by atoms with Crippen molar-refractivity contribution in [1.29, 1.82) is 0 Å². The van der Waals surface area contributed by atoms with Crippen LogP contribution < -0.4 is 0 Å². The molecule has 0 aliphatic rings. The summed E-state index contributed by atoms with van der Waals surface area (Å²) in [4.78, 5) is 12.0. The number of alkyl halides is 2. The largest absolute Gasteiger partial charge is 0.330 e. The van der Waals surface area contributed by atoms with E-state index in [9.17, 15) is 13.6 Å². The van der Waals surface area contributed by atoms with Gasteiger partial charge < -0.3 is 0 Å². The summed E-state index contributed by atoms with van der Waals surface area (Å²) >= 11 is 0. The van der Waals surface area contributed by atoms with Crippen molar-refractivity contribution in [2.75, 3.05) is 0 Å². The minimum absolute atomic E-state index is 0.106. The third kappa shape index (κ3) is 4.25.